The number of nitrogens with zero attached hydrogens (tertiary/aromatic N) is 1. The van der Waals surface area contributed by atoms with Crippen molar-refractivity contribution in [3.8, 4) is 0 Å². The lowest BCUT2D eigenvalue weighted by atomic mass is 9.86. The molecule has 2 nitrogen and oxygen atoms in total. The second-order valence-electron chi connectivity index (χ2n) is 8.07. The average molecular weight is 252 g/mol. The van der Waals surface area contributed by atoms with E-state index in [1.807, 2.05) is 0 Å². The third-order valence-electron chi connectivity index (χ3n) is 4.99. The smallest absolute Gasteiger partial charge is 0.0168 e. The molecule has 18 heavy (non-hydrogen) atoms. The van der Waals surface area contributed by atoms with Gasteiger partial charge in [-0.05, 0) is 64.5 Å². The van der Waals surface area contributed by atoms with Crippen LogP contribution in [0.5, 0.6) is 0 Å². The van der Waals surface area contributed by atoms with Gasteiger partial charge in [0.15, 0.2) is 0 Å². The van der Waals surface area contributed by atoms with Crippen molar-refractivity contribution in [1.29, 1.82) is 0 Å². The molecule has 1 N–H and O–H groups in total. The quantitative estimate of drug-likeness (QED) is 0.828. The van der Waals surface area contributed by atoms with Gasteiger partial charge in [-0.1, -0.05) is 20.8 Å². The Labute approximate surface area is 114 Å². The van der Waals surface area contributed by atoms with Crippen molar-refractivity contribution in [3.05, 3.63) is 0 Å². The lowest BCUT2D eigenvalue weighted by Gasteiger charge is -2.38. The van der Waals surface area contributed by atoms with Crippen LogP contribution in [0.1, 0.15) is 66.7 Å². The van der Waals surface area contributed by atoms with Crippen molar-refractivity contribution >= 4 is 0 Å². The Hall–Kier alpha value is -0.0800. The molecule has 2 aliphatic heterocycles. The lowest BCUT2D eigenvalue weighted by molar-refractivity contribution is 0.129. The highest BCUT2D eigenvalue weighted by Gasteiger charge is 2.37. The molecule has 2 unspecified atom stereocenters. The van der Waals surface area contributed by atoms with Gasteiger partial charge in [-0.15, -0.1) is 0 Å². The highest BCUT2D eigenvalue weighted by atomic mass is 15.2. The molecule has 106 valence electrons. The fourth-order valence-corrected chi connectivity index (χ4v) is 3.72. The zero-order valence-electron chi connectivity index (χ0n) is 13.1. The van der Waals surface area contributed by atoms with Gasteiger partial charge in [-0.25, -0.2) is 0 Å². The van der Waals surface area contributed by atoms with Gasteiger partial charge < -0.3 is 5.32 Å². The number of rotatable bonds is 3. The largest absolute Gasteiger partial charge is 0.311 e. The van der Waals surface area contributed by atoms with Crippen molar-refractivity contribution in [2.75, 3.05) is 13.1 Å². The molecule has 2 heterocycles. The Morgan fingerprint density at radius 1 is 1.00 bits per heavy atom. The molecule has 0 saturated carbocycles. The van der Waals surface area contributed by atoms with E-state index in [1.165, 1.54) is 45.2 Å². The highest BCUT2D eigenvalue weighted by molar-refractivity contribution is 4.96. The minimum atomic E-state index is 0.376. The van der Waals surface area contributed by atoms with Crippen LogP contribution in [0.25, 0.3) is 0 Å². The topological polar surface area (TPSA) is 15.3 Å². The average Bonchev–Trinajstić information content (AvgIpc) is 2.83. The summed E-state index contributed by atoms with van der Waals surface area (Å²) in [4.78, 5) is 2.69. The molecule has 0 aromatic rings. The molecule has 2 fully saturated rings. The first-order valence-electron chi connectivity index (χ1n) is 7.80. The Kier molecular flexibility index (Phi) is 4.08. The van der Waals surface area contributed by atoms with E-state index in [1.54, 1.807) is 0 Å². The zero-order chi connectivity index (χ0) is 13.4. The van der Waals surface area contributed by atoms with Crippen molar-refractivity contribution in [2.24, 2.45) is 5.41 Å². The summed E-state index contributed by atoms with van der Waals surface area (Å²) < 4.78 is 0. The molecular formula is C16H32N2. The Balaban J connectivity index is 1.87. The van der Waals surface area contributed by atoms with Crippen LogP contribution in [0.4, 0.5) is 0 Å². The predicted molar refractivity (Wildman–Crippen MR) is 78.9 cm³/mol. The van der Waals surface area contributed by atoms with E-state index in [2.05, 4.69) is 44.8 Å². The summed E-state index contributed by atoms with van der Waals surface area (Å²) in [5.41, 5.74) is 0.785. The molecule has 0 bridgehead atoms. The molecule has 2 saturated heterocycles. The van der Waals surface area contributed by atoms with Crippen LogP contribution in [0, 0.1) is 5.41 Å². The first-order chi connectivity index (χ1) is 8.29. The van der Waals surface area contributed by atoms with E-state index in [0.717, 1.165) is 6.04 Å². The summed E-state index contributed by atoms with van der Waals surface area (Å²) >= 11 is 0. The maximum Gasteiger partial charge on any atom is 0.0168 e. The SMILES string of the molecule is CC(C)(C)C1CCC(CC(C)(C)N2CCCC2)N1. The third kappa shape index (κ3) is 3.27. The fourth-order valence-electron chi connectivity index (χ4n) is 3.72. The van der Waals surface area contributed by atoms with Crippen LogP contribution >= 0.6 is 0 Å². The van der Waals surface area contributed by atoms with E-state index in [9.17, 15) is 0 Å². The minimum Gasteiger partial charge on any atom is -0.311 e. The Bertz CT molecular complexity index is 271. The second kappa shape index (κ2) is 5.13. The first-order valence-corrected chi connectivity index (χ1v) is 7.80. The van der Waals surface area contributed by atoms with Crippen LogP contribution in [-0.2, 0) is 0 Å². The van der Waals surface area contributed by atoms with Gasteiger partial charge in [0.1, 0.15) is 0 Å². The zero-order valence-corrected chi connectivity index (χ0v) is 13.1. The summed E-state index contributed by atoms with van der Waals surface area (Å²) in [5, 5.41) is 3.88. The van der Waals surface area contributed by atoms with E-state index >= 15 is 0 Å². The van der Waals surface area contributed by atoms with Gasteiger partial charge in [0.25, 0.3) is 0 Å². The molecule has 0 aromatic carbocycles. The monoisotopic (exact) mass is 252 g/mol. The van der Waals surface area contributed by atoms with Crippen molar-refractivity contribution in [1.82, 2.24) is 10.2 Å². The van der Waals surface area contributed by atoms with Crippen LogP contribution in [0.15, 0.2) is 0 Å². The van der Waals surface area contributed by atoms with E-state index in [0.29, 0.717) is 17.0 Å². The maximum absolute atomic E-state index is 3.88. The van der Waals surface area contributed by atoms with Crippen LogP contribution in [0.3, 0.4) is 0 Å². The summed E-state index contributed by atoms with van der Waals surface area (Å²) in [5.74, 6) is 0. The van der Waals surface area contributed by atoms with E-state index < -0.39 is 0 Å². The number of hydrogen-bond donors (Lipinski definition) is 1. The predicted octanol–water partition coefficient (Wildman–Crippen LogP) is 3.42. The molecular weight excluding hydrogens is 220 g/mol. The van der Waals surface area contributed by atoms with E-state index in [-0.39, 0.29) is 0 Å². The number of likely N-dealkylation sites (tertiary alicyclic amines) is 1. The van der Waals surface area contributed by atoms with Gasteiger partial charge in [0, 0.05) is 17.6 Å². The molecule has 2 heteroatoms. The molecule has 0 aliphatic carbocycles. The normalized spacial score (nSPS) is 31.2. The van der Waals surface area contributed by atoms with Crippen molar-refractivity contribution in [3.63, 3.8) is 0 Å². The first kappa shape index (κ1) is 14.3. The molecule has 2 atom stereocenters. The minimum absolute atomic E-state index is 0.376. The van der Waals surface area contributed by atoms with Gasteiger partial charge in [0.05, 0.1) is 0 Å². The fraction of sp³-hybridized carbons (Fsp3) is 1.00. The van der Waals surface area contributed by atoms with Gasteiger partial charge in [-0.3, -0.25) is 4.90 Å². The van der Waals surface area contributed by atoms with Crippen LogP contribution in [0.2, 0.25) is 0 Å². The molecule has 0 spiro atoms. The summed E-state index contributed by atoms with van der Waals surface area (Å²) in [6.45, 7) is 14.6. The lowest BCUT2D eigenvalue weighted by Crippen LogP contribution is -2.47. The van der Waals surface area contributed by atoms with Crippen molar-refractivity contribution in [2.45, 2.75) is 84.3 Å². The Morgan fingerprint density at radius 2 is 1.61 bits per heavy atom. The number of hydrogen-bond acceptors (Lipinski definition) is 2. The molecule has 2 rings (SSSR count). The molecule has 0 radical (unpaired) electrons. The molecule has 0 aromatic heterocycles. The molecule has 0 amide bonds. The summed E-state index contributed by atoms with van der Waals surface area (Å²) in [6, 6.07) is 1.43. The van der Waals surface area contributed by atoms with Gasteiger partial charge >= 0.3 is 0 Å². The summed E-state index contributed by atoms with van der Waals surface area (Å²) in [7, 11) is 0. The second-order valence-corrected chi connectivity index (χ2v) is 8.07. The summed E-state index contributed by atoms with van der Waals surface area (Å²) in [6.07, 6.45) is 6.81. The van der Waals surface area contributed by atoms with Gasteiger partial charge in [-0.2, -0.15) is 0 Å². The number of nitrogens with one attached hydrogen (secondary N) is 1. The Morgan fingerprint density at radius 3 is 2.11 bits per heavy atom. The highest BCUT2D eigenvalue weighted by Crippen LogP contribution is 2.33. The molecule has 2 aliphatic rings. The van der Waals surface area contributed by atoms with E-state index in [4.69, 9.17) is 0 Å². The van der Waals surface area contributed by atoms with Crippen molar-refractivity contribution < 1.29 is 0 Å². The maximum atomic E-state index is 3.88. The van der Waals surface area contributed by atoms with Crippen LogP contribution in [-0.4, -0.2) is 35.6 Å². The standard InChI is InChI=1S/C16H32N2/c1-15(2,3)14-9-8-13(17-14)12-16(4,5)18-10-6-7-11-18/h13-14,17H,6-12H2,1-5H3. The van der Waals surface area contributed by atoms with Crippen LogP contribution < -0.4 is 5.32 Å². The van der Waals surface area contributed by atoms with Gasteiger partial charge in [0.2, 0.25) is 0 Å². The third-order valence-corrected chi connectivity index (χ3v) is 4.99.